The van der Waals surface area contributed by atoms with Gasteiger partial charge in [0.05, 0.1) is 11.8 Å². The molecule has 1 unspecified atom stereocenters. The highest BCUT2D eigenvalue weighted by atomic mass is 32.2. The first-order chi connectivity index (χ1) is 11.5. The average molecular weight is 366 g/mol. The Balaban J connectivity index is 2.19. The normalized spacial score (nSPS) is 12.1. The number of hydrogen-bond donors (Lipinski definition) is 2. The minimum atomic E-state index is -0.590. The van der Waals surface area contributed by atoms with Crippen molar-refractivity contribution in [2.24, 2.45) is 0 Å². The number of amides is 1. The van der Waals surface area contributed by atoms with Gasteiger partial charge in [0.2, 0.25) is 17.0 Å². The Bertz CT molecular complexity index is 747. The Morgan fingerprint density at radius 3 is 2.75 bits per heavy atom. The summed E-state index contributed by atoms with van der Waals surface area (Å²) in [5, 5.41) is 29.0. The zero-order valence-corrected chi connectivity index (χ0v) is 15.2. The zero-order valence-electron chi connectivity index (χ0n) is 13.6. The summed E-state index contributed by atoms with van der Waals surface area (Å²) >= 11 is 2.53. The first-order valence-electron chi connectivity index (χ1n) is 7.32. The summed E-state index contributed by atoms with van der Waals surface area (Å²) in [5.41, 5.74) is 5.85. The maximum Gasteiger partial charge on any atom is 0.249 e. The Kier molecular flexibility index (Phi) is 6.10. The number of aromatic nitrogens is 5. The van der Waals surface area contributed by atoms with Crippen LogP contribution in [0.4, 0.5) is 11.1 Å². The molecular formula is C13H18N8OS2. The molecule has 0 spiro atoms. The standard InChI is InChI=1S/C13H18N8OS2/c1-4-8(21-11(15)18-20-13(21)23-6-5-14)9(22)16-12-19-17-10(24-12)7(2)3/h7-8H,4,6H2,1-3H3,(H2,15,18)(H,16,19,22). The van der Waals surface area contributed by atoms with Gasteiger partial charge in [0.15, 0.2) is 5.16 Å². The number of carbonyl (C=O) groups excluding carboxylic acids is 1. The highest BCUT2D eigenvalue weighted by Gasteiger charge is 2.26. The highest BCUT2D eigenvalue weighted by molar-refractivity contribution is 7.99. The molecule has 0 aromatic carbocycles. The lowest BCUT2D eigenvalue weighted by Crippen LogP contribution is -2.27. The molecule has 3 N–H and O–H groups in total. The molecule has 2 aromatic rings. The first kappa shape index (κ1) is 18.2. The number of carbonyl (C=O) groups is 1. The van der Waals surface area contributed by atoms with Crippen molar-refractivity contribution in [2.45, 2.75) is 44.3 Å². The molecule has 2 heterocycles. The molecule has 0 aliphatic heterocycles. The lowest BCUT2D eigenvalue weighted by Gasteiger charge is -2.17. The fourth-order valence-corrected chi connectivity index (χ4v) is 3.37. The Labute approximate surface area is 147 Å². The summed E-state index contributed by atoms with van der Waals surface area (Å²) in [7, 11) is 0. The van der Waals surface area contributed by atoms with E-state index in [0.717, 1.165) is 5.01 Å². The molecule has 0 aliphatic carbocycles. The molecule has 0 saturated carbocycles. The first-order valence-corrected chi connectivity index (χ1v) is 9.12. The molecular weight excluding hydrogens is 348 g/mol. The van der Waals surface area contributed by atoms with Crippen LogP contribution in [0.5, 0.6) is 0 Å². The van der Waals surface area contributed by atoms with E-state index in [1.54, 1.807) is 4.57 Å². The van der Waals surface area contributed by atoms with Gasteiger partial charge in [-0.2, -0.15) is 5.26 Å². The molecule has 0 bridgehead atoms. The average Bonchev–Trinajstić information content (AvgIpc) is 3.14. The van der Waals surface area contributed by atoms with Gasteiger partial charge in [-0.25, -0.2) is 0 Å². The Hall–Kier alpha value is -2.19. The number of nitrogen functional groups attached to an aromatic ring is 1. The summed E-state index contributed by atoms with van der Waals surface area (Å²) in [6.07, 6.45) is 0.490. The molecule has 0 radical (unpaired) electrons. The summed E-state index contributed by atoms with van der Waals surface area (Å²) < 4.78 is 1.54. The van der Waals surface area contributed by atoms with Gasteiger partial charge in [-0.05, 0) is 6.42 Å². The molecule has 11 heteroatoms. The van der Waals surface area contributed by atoms with Crippen LogP contribution in [0.25, 0.3) is 0 Å². The Morgan fingerprint density at radius 2 is 2.17 bits per heavy atom. The number of nitrogens with two attached hydrogens (primary N) is 1. The van der Waals surface area contributed by atoms with E-state index in [9.17, 15) is 4.79 Å². The molecule has 2 rings (SSSR count). The van der Waals surface area contributed by atoms with Gasteiger partial charge in [0.1, 0.15) is 11.0 Å². The second-order valence-electron chi connectivity index (χ2n) is 5.17. The van der Waals surface area contributed by atoms with Crippen LogP contribution in [0.15, 0.2) is 5.16 Å². The lowest BCUT2D eigenvalue weighted by atomic mass is 10.2. The number of rotatable bonds is 7. The molecule has 0 saturated heterocycles. The molecule has 24 heavy (non-hydrogen) atoms. The van der Waals surface area contributed by atoms with Gasteiger partial charge in [0, 0.05) is 5.92 Å². The second kappa shape index (κ2) is 8.07. The van der Waals surface area contributed by atoms with Crippen LogP contribution in [0, 0.1) is 11.3 Å². The van der Waals surface area contributed by atoms with Crippen LogP contribution in [0.3, 0.4) is 0 Å². The van der Waals surface area contributed by atoms with Gasteiger partial charge in [0.25, 0.3) is 0 Å². The minimum Gasteiger partial charge on any atom is -0.368 e. The molecule has 0 aliphatic rings. The predicted octanol–water partition coefficient (Wildman–Crippen LogP) is 2.04. The van der Waals surface area contributed by atoms with Crippen molar-refractivity contribution >= 4 is 40.1 Å². The van der Waals surface area contributed by atoms with Gasteiger partial charge in [-0.1, -0.05) is 43.9 Å². The summed E-state index contributed by atoms with van der Waals surface area (Å²) in [4.78, 5) is 12.6. The lowest BCUT2D eigenvalue weighted by molar-refractivity contribution is -0.119. The second-order valence-corrected chi connectivity index (χ2v) is 7.12. The smallest absolute Gasteiger partial charge is 0.249 e. The van der Waals surface area contributed by atoms with Crippen LogP contribution in [0.1, 0.15) is 44.2 Å². The van der Waals surface area contributed by atoms with Crippen molar-refractivity contribution in [3.63, 3.8) is 0 Å². The van der Waals surface area contributed by atoms with Crippen molar-refractivity contribution < 1.29 is 4.79 Å². The van der Waals surface area contributed by atoms with Crippen LogP contribution in [-0.4, -0.2) is 36.6 Å². The minimum absolute atomic E-state index is 0.137. The van der Waals surface area contributed by atoms with E-state index in [-0.39, 0.29) is 23.5 Å². The number of nitrogens with one attached hydrogen (secondary N) is 1. The van der Waals surface area contributed by atoms with Crippen LogP contribution in [0.2, 0.25) is 0 Å². The monoisotopic (exact) mass is 366 g/mol. The van der Waals surface area contributed by atoms with E-state index in [2.05, 4.69) is 25.7 Å². The van der Waals surface area contributed by atoms with E-state index in [0.29, 0.717) is 16.7 Å². The molecule has 1 atom stereocenters. The maximum atomic E-state index is 12.6. The van der Waals surface area contributed by atoms with Crippen LogP contribution >= 0.6 is 23.1 Å². The molecule has 128 valence electrons. The number of anilines is 2. The molecule has 9 nitrogen and oxygen atoms in total. The largest absolute Gasteiger partial charge is 0.368 e. The van der Waals surface area contributed by atoms with Crippen molar-refractivity contribution in [3.05, 3.63) is 5.01 Å². The van der Waals surface area contributed by atoms with E-state index in [1.807, 2.05) is 26.8 Å². The van der Waals surface area contributed by atoms with Crippen molar-refractivity contribution in [2.75, 3.05) is 16.8 Å². The number of nitriles is 1. The zero-order chi connectivity index (χ0) is 17.7. The number of nitrogens with zero attached hydrogens (tertiary/aromatic N) is 6. The van der Waals surface area contributed by atoms with Gasteiger partial charge in [-0.15, -0.1) is 20.4 Å². The van der Waals surface area contributed by atoms with E-state index in [4.69, 9.17) is 11.0 Å². The Morgan fingerprint density at radius 1 is 1.42 bits per heavy atom. The third-order valence-electron chi connectivity index (χ3n) is 3.12. The summed E-state index contributed by atoms with van der Waals surface area (Å²) in [5.74, 6) is 0.314. The maximum absolute atomic E-state index is 12.6. The summed E-state index contributed by atoms with van der Waals surface area (Å²) in [6.45, 7) is 5.89. The van der Waals surface area contributed by atoms with Crippen molar-refractivity contribution in [3.8, 4) is 6.07 Å². The van der Waals surface area contributed by atoms with Gasteiger partial charge >= 0.3 is 0 Å². The number of hydrogen-bond acceptors (Lipinski definition) is 9. The molecule has 2 aromatic heterocycles. The molecule has 0 fully saturated rings. The third kappa shape index (κ3) is 4.01. The summed E-state index contributed by atoms with van der Waals surface area (Å²) in [6, 6.07) is 1.43. The third-order valence-corrected chi connectivity index (χ3v) is 5.07. The number of thioether (sulfide) groups is 1. The quantitative estimate of drug-likeness (QED) is 0.711. The van der Waals surface area contributed by atoms with Crippen molar-refractivity contribution in [1.82, 2.24) is 25.0 Å². The van der Waals surface area contributed by atoms with E-state index in [1.165, 1.54) is 23.1 Å². The highest BCUT2D eigenvalue weighted by Crippen LogP contribution is 2.27. The van der Waals surface area contributed by atoms with Crippen molar-refractivity contribution in [1.29, 1.82) is 5.26 Å². The predicted molar refractivity (Wildman–Crippen MR) is 92.7 cm³/mol. The topological polar surface area (TPSA) is 135 Å². The fraction of sp³-hybridized carbons (Fsp3) is 0.538. The SMILES string of the molecule is CCC(C(=O)Nc1nnc(C(C)C)s1)n1c(N)nnc1SCC#N. The molecule has 1 amide bonds. The van der Waals surface area contributed by atoms with Crippen LogP contribution < -0.4 is 11.1 Å². The van der Waals surface area contributed by atoms with Crippen LogP contribution in [-0.2, 0) is 4.79 Å². The van der Waals surface area contributed by atoms with Gasteiger partial charge in [-0.3, -0.25) is 14.7 Å². The fourth-order valence-electron chi connectivity index (χ4n) is 1.97. The van der Waals surface area contributed by atoms with E-state index < -0.39 is 6.04 Å². The van der Waals surface area contributed by atoms with Gasteiger partial charge < -0.3 is 5.73 Å². The van der Waals surface area contributed by atoms with E-state index >= 15 is 0 Å².